The lowest BCUT2D eigenvalue weighted by molar-refractivity contribution is -0.144. The smallest absolute Gasteiger partial charge is 0.391 e. The van der Waals surface area contributed by atoms with Crippen LogP contribution in [0.25, 0.3) is 16.0 Å². The Morgan fingerprint density at radius 3 is 2.08 bits per heavy atom. The number of rotatable bonds is 29. The second-order valence-electron chi connectivity index (χ2n) is 32.8. The highest BCUT2D eigenvalue weighted by Crippen LogP contribution is 2.43. The van der Waals surface area contributed by atoms with E-state index in [1.165, 1.54) is 21.6 Å². The number of unbranched alkanes of at least 4 members (excludes halogenated alkanes) is 1. The van der Waals surface area contributed by atoms with Gasteiger partial charge in [-0.2, -0.15) is 13.2 Å². The van der Waals surface area contributed by atoms with Crippen LogP contribution in [0.1, 0.15) is 183 Å². The summed E-state index contributed by atoms with van der Waals surface area (Å²) in [5.41, 5.74) is 2.97. The summed E-state index contributed by atoms with van der Waals surface area (Å²) in [6.45, 7) is 22.1. The Kier molecular flexibility index (Phi) is 28.1. The highest BCUT2D eigenvalue weighted by atomic mass is 35.5. The fraction of sp³-hybridized carbons (Fsp3) is 0.590. The summed E-state index contributed by atoms with van der Waals surface area (Å²) in [4.78, 5) is 82.9. The van der Waals surface area contributed by atoms with Gasteiger partial charge >= 0.3 is 5.51 Å². The minimum absolute atomic E-state index is 0.00374. The maximum Gasteiger partial charge on any atom is 0.501 e. The topological polar surface area (TPSA) is 248 Å². The van der Waals surface area contributed by atoms with Crippen molar-refractivity contribution in [2.45, 2.75) is 209 Å². The van der Waals surface area contributed by atoms with Crippen LogP contribution in [0, 0.1) is 30.1 Å². The molecule has 0 spiro atoms. The van der Waals surface area contributed by atoms with Gasteiger partial charge in [0.25, 0.3) is 9.84 Å². The molecule has 2 aliphatic carbocycles. The average Bonchev–Trinajstić information content (AvgIpc) is 1.02. The SMILES string of the molecule is CC[C@@H](CCN1CCOCC1)Cc1ccc(S(=O)(=O)CC(=O)c2ccc(N3CCN(CC4=C(c5ccc(Cl)cc5)CCC(C)(NC5CCC(C6CCN(C(=O)CCCCC(=O)N[C@H](C(=O)N7C[C@H](O)C[C@H]7C(=O)N[C@@H](C)c7ccc(-c8scnc8C)cc7)C(C)(C)C)CC6)CC5)C4)CC3)cc2)cc1S(=O)(=O)C(F)(F)F. The third-order valence-corrected chi connectivity index (χ3v) is 28.2. The number of benzene rings is 4. The number of nitrogens with one attached hydrogen (secondary N) is 3. The lowest BCUT2D eigenvalue weighted by atomic mass is 9.72. The number of piperazine rings is 1. The molecule has 11 rings (SSSR count). The number of Topliss-reactive ketones (excluding diaryl/α,β-unsaturated/α-hetero) is 1. The first-order valence-electron chi connectivity index (χ1n) is 39.4. The molecule has 4 aromatic carbocycles. The van der Waals surface area contributed by atoms with Gasteiger partial charge in [0, 0.05) is 113 Å². The Morgan fingerprint density at radius 1 is 0.791 bits per heavy atom. The summed E-state index contributed by atoms with van der Waals surface area (Å²) >= 11 is 7.98. The Labute approximate surface area is 656 Å². The number of likely N-dealkylation sites (tertiary alicyclic amines) is 2. The van der Waals surface area contributed by atoms with E-state index in [9.17, 15) is 59.1 Å². The van der Waals surface area contributed by atoms with Crippen LogP contribution < -0.4 is 20.9 Å². The largest absolute Gasteiger partial charge is 0.501 e. The van der Waals surface area contributed by atoms with E-state index in [0.29, 0.717) is 93.9 Å². The number of nitrogens with zero attached hydrogens (tertiary/aromatic N) is 6. The fourth-order valence-corrected chi connectivity index (χ4v) is 20.5. The number of aryl methyl sites for hydroxylation is 1. The fourth-order valence-electron chi connectivity index (χ4n) is 17.2. The number of aromatic nitrogens is 1. The minimum Gasteiger partial charge on any atom is -0.391 e. The molecule has 5 aromatic rings. The number of anilines is 1. The van der Waals surface area contributed by atoms with E-state index < -0.39 is 76.0 Å². The van der Waals surface area contributed by atoms with Gasteiger partial charge in [-0.15, -0.1) is 11.3 Å². The van der Waals surface area contributed by atoms with Crippen LogP contribution in [0.15, 0.2) is 112 Å². The van der Waals surface area contributed by atoms with Gasteiger partial charge in [-0.1, -0.05) is 93.8 Å². The van der Waals surface area contributed by atoms with Gasteiger partial charge in [0.15, 0.2) is 15.6 Å². The number of hydrogen-bond donors (Lipinski definition) is 4. The number of ketones is 1. The van der Waals surface area contributed by atoms with E-state index in [4.69, 9.17) is 16.3 Å². The summed E-state index contributed by atoms with van der Waals surface area (Å²) < 4.78 is 102. The predicted octanol–water partition coefficient (Wildman–Crippen LogP) is 12.8. The summed E-state index contributed by atoms with van der Waals surface area (Å²) in [7, 11) is -10.5. The number of alkyl halides is 3. The molecule has 4 N–H and O–H groups in total. The number of ether oxygens (including phenoxy) is 1. The Bertz CT molecular complexity index is 4280. The molecule has 1 saturated carbocycles. The van der Waals surface area contributed by atoms with Crippen molar-refractivity contribution in [1.82, 2.24) is 40.5 Å². The molecule has 600 valence electrons. The van der Waals surface area contributed by atoms with Gasteiger partial charge in [-0.3, -0.25) is 33.8 Å². The third-order valence-electron chi connectivity index (χ3n) is 23.8. The number of sulfone groups is 2. The van der Waals surface area contributed by atoms with E-state index in [2.05, 4.69) is 54.7 Å². The summed E-state index contributed by atoms with van der Waals surface area (Å²) in [5, 5.41) is 21.7. The predicted molar refractivity (Wildman–Crippen MR) is 424 cm³/mol. The molecule has 4 amide bonds. The van der Waals surface area contributed by atoms with Gasteiger partial charge in [0.05, 0.1) is 51.2 Å². The number of aliphatic hydroxyl groups is 1. The van der Waals surface area contributed by atoms with Gasteiger partial charge in [-0.25, -0.2) is 21.8 Å². The van der Waals surface area contributed by atoms with Crippen LogP contribution in [0.3, 0.4) is 0 Å². The summed E-state index contributed by atoms with van der Waals surface area (Å²) in [6, 6.07) is 23.7. The van der Waals surface area contributed by atoms with Gasteiger partial charge in [0.2, 0.25) is 23.6 Å². The Morgan fingerprint density at radius 2 is 1.45 bits per heavy atom. The van der Waals surface area contributed by atoms with Crippen molar-refractivity contribution in [3.8, 4) is 10.4 Å². The first-order valence-corrected chi connectivity index (χ1v) is 43.8. The van der Waals surface area contributed by atoms with E-state index in [0.717, 1.165) is 143 Å². The normalized spacial score (nSPS) is 22.6. The monoisotopic (exact) mass is 1600 g/mol. The van der Waals surface area contributed by atoms with Crippen molar-refractivity contribution >= 4 is 83.3 Å². The number of β-amino-alcohol motifs (C(OH)–C–C–N with tert-alkyl or cyclic N) is 1. The molecule has 1 unspecified atom stereocenters. The molecule has 27 heteroatoms. The number of hydrogen-bond acceptors (Lipinski definition) is 17. The van der Waals surface area contributed by atoms with Crippen molar-refractivity contribution in [2.24, 2.45) is 23.2 Å². The molecule has 1 aromatic heterocycles. The van der Waals surface area contributed by atoms with E-state index in [1.807, 2.05) is 88.4 Å². The van der Waals surface area contributed by atoms with E-state index >= 15 is 0 Å². The zero-order valence-electron chi connectivity index (χ0n) is 64.7. The van der Waals surface area contributed by atoms with Crippen LogP contribution in [0.4, 0.5) is 18.9 Å². The van der Waals surface area contributed by atoms with Crippen LogP contribution in [0.2, 0.25) is 5.02 Å². The molecule has 0 bridgehead atoms. The minimum atomic E-state index is -5.95. The number of aliphatic hydroxyl groups excluding tert-OH is 1. The van der Waals surface area contributed by atoms with Crippen molar-refractivity contribution in [3.05, 3.63) is 135 Å². The standard InChI is InChI=1S/C83H111ClF3N9O11S3/c1-8-57(32-36-92-43-45-107-46-44-92)47-64-23-30-70(49-74(64)110(105,106)83(85,86)87)109(103,104)53-73(98)62-21-28-68(29-22-62)94-41-39-93(40-42-94)51-65-50-82(7,35-31-71(65)61-17-24-66(84)25-18-61)91-67-26-19-59(20-27-67)60-33-37-95(38-34-60)76(100)12-10-9-11-75(99)90-78(81(4,5)6)80(102)96-52-69(97)48-72(96)79(101)89-55(2)58-13-15-63(16-14-58)77-56(3)88-54-108-77/h13-18,21-25,28-30,49,54-55,57,59-60,67,69,72,78,91,97H,8-12,19-20,26-27,31-48,50-53H2,1-7H3,(H,89,101)(H,90,99)/t55-,57-,59?,67?,69+,72-,78+,82?/m0/s1. The number of carbonyl (C=O) groups is 5. The molecule has 5 heterocycles. The molecular weight excluding hydrogens is 1490 g/mol. The number of allylic oxidation sites excluding steroid dienone is 1. The summed E-state index contributed by atoms with van der Waals surface area (Å²) in [6.07, 6.45) is 11.1. The quantitative estimate of drug-likeness (QED) is 0.0257. The zero-order valence-corrected chi connectivity index (χ0v) is 67.9. The van der Waals surface area contributed by atoms with Crippen molar-refractivity contribution < 1.29 is 63.8 Å². The maximum absolute atomic E-state index is 14.3. The number of piperidine rings is 1. The molecule has 6 aliphatic rings. The molecule has 5 fully saturated rings. The second kappa shape index (κ2) is 36.7. The van der Waals surface area contributed by atoms with Crippen LogP contribution in [-0.4, -0.2) is 202 Å². The van der Waals surface area contributed by atoms with Gasteiger partial charge in [-0.05, 0) is 210 Å². The van der Waals surface area contributed by atoms with Crippen molar-refractivity contribution in [1.29, 1.82) is 0 Å². The van der Waals surface area contributed by atoms with Gasteiger partial charge in [0.1, 0.15) is 17.8 Å². The molecule has 6 atom stereocenters. The van der Waals surface area contributed by atoms with E-state index in [-0.39, 0.29) is 72.2 Å². The number of halogens is 4. The van der Waals surface area contributed by atoms with Gasteiger partial charge < -0.3 is 40.5 Å². The average molecular weight is 1600 g/mol. The highest BCUT2D eigenvalue weighted by molar-refractivity contribution is 7.93. The van der Waals surface area contributed by atoms with E-state index in [1.54, 1.807) is 35.6 Å². The third kappa shape index (κ3) is 21.4. The van der Waals surface area contributed by atoms with Crippen LogP contribution >= 0.6 is 22.9 Å². The second-order valence-corrected chi connectivity index (χ2v) is 38.0. The first-order chi connectivity index (χ1) is 52.2. The lowest BCUT2D eigenvalue weighted by Gasteiger charge is -2.45. The first kappa shape index (κ1) is 84.3. The lowest BCUT2D eigenvalue weighted by Crippen LogP contribution is -2.57. The molecular formula is C83H111ClF3N9O11S3. The summed E-state index contributed by atoms with van der Waals surface area (Å²) in [5.74, 6) is -1.84. The van der Waals surface area contributed by atoms with Crippen molar-refractivity contribution in [3.63, 3.8) is 0 Å². The zero-order chi connectivity index (χ0) is 78.9. The van der Waals surface area contributed by atoms with Crippen LogP contribution in [0.5, 0.6) is 0 Å². The Balaban J connectivity index is 0.608. The molecule has 4 aliphatic heterocycles. The Hall–Kier alpha value is -6.62. The maximum atomic E-state index is 14.3. The highest BCUT2D eigenvalue weighted by Gasteiger charge is 2.49. The molecule has 0 radical (unpaired) electrons. The number of amides is 4. The number of carbonyl (C=O) groups excluding carboxylic acids is 5. The van der Waals surface area contributed by atoms with Crippen molar-refractivity contribution in [2.75, 3.05) is 95.9 Å². The van der Waals surface area contributed by atoms with Crippen LogP contribution in [-0.2, 0) is 50.0 Å². The number of thiazole rings is 1. The molecule has 20 nitrogen and oxygen atoms in total. The molecule has 110 heavy (non-hydrogen) atoms. The number of morpholine rings is 1. The molecule has 4 saturated heterocycles.